The zero-order valence-corrected chi connectivity index (χ0v) is 9.68. The van der Waals surface area contributed by atoms with Gasteiger partial charge in [-0.05, 0) is 47.9 Å². The Morgan fingerprint density at radius 2 is 1.47 bits per heavy atom. The molecule has 1 aromatic carbocycles. The van der Waals surface area contributed by atoms with Crippen LogP contribution in [0.25, 0.3) is 11.1 Å². The van der Waals surface area contributed by atoms with Gasteiger partial charge in [0.2, 0.25) is 0 Å². The zero-order chi connectivity index (χ0) is 10.8. The van der Waals surface area contributed by atoms with E-state index in [0.717, 1.165) is 16.7 Å². The monoisotopic (exact) mass is 237 g/mol. The number of nitrogens with zero attached hydrogens (tertiary/aromatic N) is 1. The fourth-order valence-corrected chi connectivity index (χ4v) is 1.84. The number of hydrogen-bond acceptors (Lipinski definition) is 1. The lowest BCUT2D eigenvalue weighted by Gasteiger charge is -2.06. The lowest BCUT2D eigenvalue weighted by Crippen LogP contribution is -1.83. The van der Waals surface area contributed by atoms with Crippen LogP contribution in [-0.2, 0) is 0 Å². The van der Waals surface area contributed by atoms with Gasteiger partial charge in [-0.1, -0.05) is 23.2 Å². The van der Waals surface area contributed by atoms with Gasteiger partial charge in [0.25, 0.3) is 0 Å². The van der Waals surface area contributed by atoms with Gasteiger partial charge < -0.3 is 0 Å². The third kappa shape index (κ3) is 2.14. The summed E-state index contributed by atoms with van der Waals surface area (Å²) in [5.74, 6) is 0. The molecule has 0 saturated carbocycles. The molecule has 2 aromatic rings. The summed E-state index contributed by atoms with van der Waals surface area (Å²) in [5.41, 5.74) is 2.99. The van der Waals surface area contributed by atoms with Crippen molar-refractivity contribution in [3.05, 3.63) is 52.3 Å². The van der Waals surface area contributed by atoms with Gasteiger partial charge in [0.1, 0.15) is 0 Å². The van der Waals surface area contributed by atoms with Crippen molar-refractivity contribution < 1.29 is 0 Å². The Balaban J connectivity index is 2.56. The summed E-state index contributed by atoms with van der Waals surface area (Å²) in [7, 11) is 0. The Morgan fingerprint density at radius 1 is 0.933 bits per heavy atom. The van der Waals surface area contributed by atoms with Crippen LogP contribution in [0.15, 0.2) is 36.7 Å². The van der Waals surface area contributed by atoms with E-state index in [4.69, 9.17) is 23.2 Å². The molecule has 3 heteroatoms. The molecule has 0 fully saturated rings. The van der Waals surface area contributed by atoms with E-state index in [1.54, 1.807) is 12.4 Å². The van der Waals surface area contributed by atoms with Gasteiger partial charge in [-0.15, -0.1) is 0 Å². The number of hydrogen-bond donors (Lipinski definition) is 0. The number of halogens is 2. The first-order chi connectivity index (χ1) is 7.18. The first-order valence-electron chi connectivity index (χ1n) is 4.54. The van der Waals surface area contributed by atoms with Gasteiger partial charge in [-0.2, -0.15) is 0 Å². The quantitative estimate of drug-likeness (QED) is 0.719. The van der Waals surface area contributed by atoms with Crippen LogP contribution in [0.2, 0.25) is 10.0 Å². The highest BCUT2D eigenvalue weighted by Gasteiger charge is 2.05. The molecular formula is C12H9Cl2N. The van der Waals surface area contributed by atoms with Crippen molar-refractivity contribution in [2.45, 2.75) is 6.92 Å². The molecule has 0 aliphatic carbocycles. The smallest absolute Gasteiger partial charge is 0.0456 e. The minimum atomic E-state index is 0.689. The molecule has 0 amide bonds. The maximum Gasteiger partial charge on any atom is 0.0456 e. The van der Waals surface area contributed by atoms with E-state index in [9.17, 15) is 0 Å². The number of aromatic nitrogens is 1. The SMILES string of the molecule is Cc1c(Cl)cc(-c2ccncc2)cc1Cl. The average Bonchev–Trinajstić information content (AvgIpc) is 2.26. The molecule has 0 spiro atoms. The van der Waals surface area contributed by atoms with Gasteiger partial charge in [-0.3, -0.25) is 4.98 Å². The van der Waals surface area contributed by atoms with Crippen molar-refractivity contribution in [2.75, 3.05) is 0 Å². The summed E-state index contributed by atoms with van der Waals surface area (Å²) >= 11 is 12.1. The molecule has 0 aliphatic heterocycles. The summed E-state index contributed by atoms with van der Waals surface area (Å²) in [6.45, 7) is 1.90. The predicted octanol–water partition coefficient (Wildman–Crippen LogP) is 4.36. The van der Waals surface area contributed by atoms with Gasteiger partial charge in [0.15, 0.2) is 0 Å². The molecule has 0 N–H and O–H groups in total. The topological polar surface area (TPSA) is 12.9 Å². The van der Waals surface area contributed by atoms with E-state index in [1.165, 1.54) is 0 Å². The van der Waals surface area contributed by atoms with Crippen LogP contribution < -0.4 is 0 Å². The maximum atomic E-state index is 6.07. The molecular weight excluding hydrogens is 229 g/mol. The minimum absolute atomic E-state index is 0.689. The summed E-state index contributed by atoms with van der Waals surface area (Å²) < 4.78 is 0. The molecule has 76 valence electrons. The third-order valence-electron chi connectivity index (χ3n) is 2.29. The first-order valence-corrected chi connectivity index (χ1v) is 5.30. The molecule has 2 rings (SSSR count). The molecule has 1 heterocycles. The van der Waals surface area contributed by atoms with E-state index >= 15 is 0 Å². The highest BCUT2D eigenvalue weighted by molar-refractivity contribution is 6.36. The summed E-state index contributed by atoms with van der Waals surface area (Å²) in [6.07, 6.45) is 3.49. The second-order valence-electron chi connectivity index (χ2n) is 3.30. The number of rotatable bonds is 1. The van der Waals surface area contributed by atoms with Crippen molar-refractivity contribution in [2.24, 2.45) is 0 Å². The predicted molar refractivity (Wildman–Crippen MR) is 64.4 cm³/mol. The standard InChI is InChI=1S/C12H9Cl2N/c1-8-11(13)6-10(7-12(8)14)9-2-4-15-5-3-9/h2-7H,1H3. The van der Waals surface area contributed by atoms with Gasteiger partial charge >= 0.3 is 0 Å². The second-order valence-corrected chi connectivity index (χ2v) is 4.12. The summed E-state index contributed by atoms with van der Waals surface area (Å²) in [4.78, 5) is 3.97. The van der Waals surface area contributed by atoms with Crippen molar-refractivity contribution in [3.8, 4) is 11.1 Å². The second kappa shape index (κ2) is 4.21. The van der Waals surface area contributed by atoms with Crippen LogP contribution in [0, 0.1) is 6.92 Å². The largest absolute Gasteiger partial charge is 0.265 e. The van der Waals surface area contributed by atoms with Crippen LogP contribution in [0.4, 0.5) is 0 Å². The Morgan fingerprint density at radius 3 is 2.00 bits per heavy atom. The van der Waals surface area contributed by atoms with E-state index in [2.05, 4.69) is 4.98 Å². The Hall–Kier alpha value is -1.05. The third-order valence-corrected chi connectivity index (χ3v) is 3.08. The molecule has 0 atom stereocenters. The fraction of sp³-hybridized carbons (Fsp3) is 0.0833. The number of pyridine rings is 1. The van der Waals surface area contributed by atoms with Gasteiger partial charge in [0.05, 0.1) is 0 Å². The average molecular weight is 238 g/mol. The zero-order valence-electron chi connectivity index (χ0n) is 8.17. The van der Waals surface area contributed by atoms with Gasteiger partial charge in [-0.25, -0.2) is 0 Å². The molecule has 15 heavy (non-hydrogen) atoms. The summed E-state index contributed by atoms with van der Waals surface area (Å²) in [5, 5.41) is 1.38. The van der Waals surface area contributed by atoms with Crippen LogP contribution in [0.3, 0.4) is 0 Å². The van der Waals surface area contributed by atoms with Crippen molar-refractivity contribution >= 4 is 23.2 Å². The Kier molecular flexibility index (Phi) is 2.94. The number of benzene rings is 1. The van der Waals surface area contributed by atoms with Crippen LogP contribution in [-0.4, -0.2) is 4.98 Å². The van der Waals surface area contributed by atoms with Crippen LogP contribution in [0.1, 0.15) is 5.56 Å². The van der Waals surface area contributed by atoms with Crippen LogP contribution >= 0.6 is 23.2 Å². The van der Waals surface area contributed by atoms with E-state index in [0.29, 0.717) is 10.0 Å². The minimum Gasteiger partial charge on any atom is -0.265 e. The van der Waals surface area contributed by atoms with Crippen LogP contribution in [0.5, 0.6) is 0 Å². The molecule has 0 aliphatic rings. The van der Waals surface area contributed by atoms with Crippen molar-refractivity contribution in [1.82, 2.24) is 4.98 Å². The molecule has 0 radical (unpaired) electrons. The lowest BCUT2D eigenvalue weighted by atomic mass is 10.1. The fourth-order valence-electron chi connectivity index (χ4n) is 1.36. The Bertz CT molecular complexity index is 457. The molecule has 0 unspecified atom stereocenters. The summed E-state index contributed by atoms with van der Waals surface area (Å²) in [6, 6.07) is 7.69. The Labute approximate surface area is 98.7 Å². The molecule has 0 saturated heterocycles. The molecule has 0 bridgehead atoms. The van der Waals surface area contributed by atoms with E-state index in [-0.39, 0.29) is 0 Å². The normalized spacial score (nSPS) is 10.3. The molecule has 1 nitrogen and oxygen atoms in total. The first kappa shape index (κ1) is 10.5. The van der Waals surface area contributed by atoms with Crippen molar-refractivity contribution in [1.29, 1.82) is 0 Å². The van der Waals surface area contributed by atoms with E-state index < -0.39 is 0 Å². The highest BCUT2D eigenvalue weighted by Crippen LogP contribution is 2.30. The molecule has 1 aromatic heterocycles. The van der Waals surface area contributed by atoms with Gasteiger partial charge in [0, 0.05) is 22.4 Å². The van der Waals surface area contributed by atoms with E-state index in [1.807, 2.05) is 31.2 Å². The van der Waals surface area contributed by atoms with Crippen molar-refractivity contribution in [3.63, 3.8) is 0 Å². The highest BCUT2D eigenvalue weighted by atomic mass is 35.5. The maximum absolute atomic E-state index is 6.07. The lowest BCUT2D eigenvalue weighted by molar-refractivity contribution is 1.33.